The van der Waals surface area contributed by atoms with Gasteiger partial charge in [-0.1, -0.05) is 51.8 Å². The van der Waals surface area contributed by atoms with Gasteiger partial charge in [-0.05, 0) is 24.3 Å². The molecule has 1 heterocycles. The van der Waals surface area contributed by atoms with Gasteiger partial charge in [-0.2, -0.15) is 5.10 Å². The predicted molar refractivity (Wildman–Crippen MR) is 86.1 cm³/mol. The molecule has 0 atom stereocenters. The Kier molecular flexibility index (Phi) is 3.51. The molecule has 3 rings (SSSR count). The van der Waals surface area contributed by atoms with Gasteiger partial charge in [0.1, 0.15) is 5.69 Å². The largest absolute Gasteiger partial charge is 0.396 e. The van der Waals surface area contributed by atoms with Gasteiger partial charge >= 0.3 is 0 Å². The van der Waals surface area contributed by atoms with E-state index in [-0.39, 0.29) is 0 Å². The molecule has 0 spiro atoms. The van der Waals surface area contributed by atoms with Gasteiger partial charge in [0.2, 0.25) is 0 Å². The topological polar surface area (TPSA) is 43.8 Å². The summed E-state index contributed by atoms with van der Waals surface area (Å²) in [5, 5.41) is 5.17. The zero-order chi connectivity index (χ0) is 14.1. The van der Waals surface area contributed by atoms with E-state index in [2.05, 4.69) is 21.0 Å². The van der Waals surface area contributed by atoms with Crippen molar-refractivity contribution in [1.82, 2.24) is 9.78 Å². The van der Waals surface area contributed by atoms with Gasteiger partial charge in [0, 0.05) is 10.0 Å². The number of benzene rings is 2. The molecule has 0 amide bonds. The number of aromatic nitrogens is 2. The van der Waals surface area contributed by atoms with E-state index in [4.69, 9.17) is 17.3 Å². The molecule has 0 fully saturated rings. The predicted octanol–water partition coefficient (Wildman–Crippen LogP) is 4.54. The van der Waals surface area contributed by atoms with Crippen LogP contribution in [0.4, 0.5) is 5.69 Å². The lowest BCUT2D eigenvalue weighted by atomic mass is 10.1. The number of para-hydroxylation sites is 1. The Balaban J connectivity index is 2.10. The Morgan fingerprint density at radius 1 is 1.10 bits per heavy atom. The normalized spacial score (nSPS) is 10.7. The van der Waals surface area contributed by atoms with Crippen LogP contribution in [0, 0.1) is 0 Å². The van der Waals surface area contributed by atoms with Crippen molar-refractivity contribution in [2.45, 2.75) is 0 Å². The molecule has 0 aliphatic heterocycles. The fourth-order valence-electron chi connectivity index (χ4n) is 2.01. The molecule has 2 aromatic carbocycles. The molecular formula is C15H11BrClN3. The molecule has 0 unspecified atom stereocenters. The molecular weight excluding hydrogens is 338 g/mol. The van der Waals surface area contributed by atoms with Crippen molar-refractivity contribution in [2.75, 3.05) is 5.73 Å². The third-order valence-electron chi connectivity index (χ3n) is 2.94. The highest BCUT2D eigenvalue weighted by molar-refractivity contribution is 9.10. The first-order valence-electron chi connectivity index (χ1n) is 6.01. The number of rotatable bonds is 2. The van der Waals surface area contributed by atoms with E-state index in [0.29, 0.717) is 10.7 Å². The average Bonchev–Trinajstić information content (AvgIpc) is 2.81. The van der Waals surface area contributed by atoms with Crippen molar-refractivity contribution in [1.29, 1.82) is 0 Å². The van der Waals surface area contributed by atoms with Crippen LogP contribution >= 0.6 is 27.5 Å². The van der Waals surface area contributed by atoms with Gasteiger partial charge in [0.15, 0.2) is 0 Å². The highest BCUT2D eigenvalue weighted by Gasteiger charge is 2.11. The maximum atomic E-state index is 6.18. The number of nitrogens with zero attached hydrogens (tertiary/aromatic N) is 2. The van der Waals surface area contributed by atoms with Crippen molar-refractivity contribution in [3.8, 4) is 16.9 Å². The molecule has 0 aliphatic carbocycles. The number of halogens is 2. The lowest BCUT2D eigenvalue weighted by Crippen LogP contribution is -1.95. The summed E-state index contributed by atoms with van der Waals surface area (Å²) in [7, 11) is 0. The SMILES string of the molecule is Nc1cn(-c2ccccc2Cl)nc1-c1cccc(Br)c1. The molecule has 2 N–H and O–H groups in total. The van der Waals surface area contributed by atoms with E-state index in [9.17, 15) is 0 Å². The summed E-state index contributed by atoms with van der Waals surface area (Å²) in [6, 6.07) is 15.4. The summed E-state index contributed by atoms with van der Waals surface area (Å²) in [6.07, 6.45) is 1.78. The van der Waals surface area contributed by atoms with Crippen molar-refractivity contribution in [3.63, 3.8) is 0 Å². The Hall–Kier alpha value is -1.78. The van der Waals surface area contributed by atoms with Crippen LogP contribution in [-0.4, -0.2) is 9.78 Å². The Morgan fingerprint density at radius 2 is 1.90 bits per heavy atom. The standard InChI is InChI=1S/C15H11BrClN3/c16-11-5-3-4-10(8-11)15-13(18)9-20(19-15)14-7-2-1-6-12(14)17/h1-9H,18H2. The van der Waals surface area contributed by atoms with Crippen LogP contribution in [-0.2, 0) is 0 Å². The monoisotopic (exact) mass is 347 g/mol. The summed E-state index contributed by atoms with van der Waals surface area (Å²) in [5.41, 5.74) is 9.19. The minimum atomic E-state index is 0.614. The van der Waals surface area contributed by atoms with Gasteiger partial charge in [-0.25, -0.2) is 4.68 Å². The zero-order valence-electron chi connectivity index (χ0n) is 10.4. The molecule has 0 bridgehead atoms. The molecule has 20 heavy (non-hydrogen) atoms. The van der Waals surface area contributed by atoms with Crippen LogP contribution in [0.5, 0.6) is 0 Å². The minimum absolute atomic E-state index is 0.614. The second-order valence-electron chi connectivity index (χ2n) is 4.34. The third kappa shape index (κ3) is 2.44. The Morgan fingerprint density at radius 3 is 2.65 bits per heavy atom. The summed E-state index contributed by atoms with van der Waals surface area (Å²) >= 11 is 9.63. The smallest absolute Gasteiger partial charge is 0.116 e. The van der Waals surface area contributed by atoms with Crippen molar-refractivity contribution < 1.29 is 0 Å². The highest BCUT2D eigenvalue weighted by Crippen LogP contribution is 2.29. The number of nitrogen functional groups attached to an aromatic ring is 1. The molecule has 5 heteroatoms. The Bertz CT molecular complexity index is 767. The van der Waals surface area contributed by atoms with Gasteiger partial charge in [0.25, 0.3) is 0 Å². The lowest BCUT2D eigenvalue weighted by Gasteiger charge is -2.03. The summed E-state index contributed by atoms with van der Waals surface area (Å²) in [4.78, 5) is 0. The fourth-order valence-corrected chi connectivity index (χ4v) is 2.63. The van der Waals surface area contributed by atoms with Crippen LogP contribution in [0.25, 0.3) is 16.9 Å². The fraction of sp³-hybridized carbons (Fsp3) is 0. The first-order chi connectivity index (χ1) is 9.65. The second-order valence-corrected chi connectivity index (χ2v) is 5.66. The van der Waals surface area contributed by atoms with Crippen LogP contribution in [0.1, 0.15) is 0 Å². The quantitative estimate of drug-likeness (QED) is 0.739. The van der Waals surface area contributed by atoms with Crippen LogP contribution in [0.2, 0.25) is 5.02 Å². The van der Waals surface area contributed by atoms with E-state index < -0.39 is 0 Å². The van der Waals surface area contributed by atoms with E-state index in [1.54, 1.807) is 10.9 Å². The van der Waals surface area contributed by atoms with Crippen LogP contribution in [0.15, 0.2) is 59.2 Å². The molecule has 100 valence electrons. The summed E-state index contributed by atoms with van der Waals surface area (Å²) < 4.78 is 2.69. The third-order valence-corrected chi connectivity index (χ3v) is 3.75. The molecule has 3 nitrogen and oxygen atoms in total. The van der Waals surface area contributed by atoms with Crippen molar-refractivity contribution in [3.05, 3.63) is 64.2 Å². The maximum Gasteiger partial charge on any atom is 0.116 e. The average molecular weight is 349 g/mol. The van der Waals surface area contributed by atoms with Gasteiger partial charge in [-0.3, -0.25) is 0 Å². The van der Waals surface area contributed by atoms with E-state index in [0.717, 1.165) is 21.4 Å². The number of anilines is 1. The van der Waals surface area contributed by atoms with Gasteiger partial charge in [0.05, 0.1) is 22.6 Å². The molecule has 0 saturated heterocycles. The minimum Gasteiger partial charge on any atom is -0.396 e. The molecule has 0 radical (unpaired) electrons. The molecule has 0 saturated carbocycles. The summed E-state index contributed by atoms with van der Waals surface area (Å²) in [6.45, 7) is 0. The highest BCUT2D eigenvalue weighted by atomic mass is 79.9. The van der Waals surface area contributed by atoms with Gasteiger partial charge in [-0.15, -0.1) is 0 Å². The summed E-state index contributed by atoms with van der Waals surface area (Å²) in [5.74, 6) is 0. The van der Waals surface area contributed by atoms with Crippen molar-refractivity contribution >= 4 is 33.2 Å². The maximum absolute atomic E-state index is 6.18. The number of hydrogen-bond donors (Lipinski definition) is 1. The second kappa shape index (κ2) is 5.31. The molecule has 1 aromatic heterocycles. The lowest BCUT2D eigenvalue weighted by molar-refractivity contribution is 0.885. The van der Waals surface area contributed by atoms with E-state index in [1.165, 1.54) is 0 Å². The number of nitrogens with two attached hydrogens (primary N) is 1. The first-order valence-corrected chi connectivity index (χ1v) is 7.18. The molecule has 0 aliphatic rings. The Labute approximate surface area is 130 Å². The van der Waals surface area contributed by atoms with E-state index >= 15 is 0 Å². The molecule has 3 aromatic rings. The van der Waals surface area contributed by atoms with Gasteiger partial charge < -0.3 is 5.73 Å². The number of hydrogen-bond acceptors (Lipinski definition) is 2. The van der Waals surface area contributed by atoms with E-state index in [1.807, 2.05) is 48.5 Å². The van der Waals surface area contributed by atoms with Crippen LogP contribution in [0.3, 0.4) is 0 Å². The zero-order valence-corrected chi connectivity index (χ0v) is 12.8. The first kappa shape index (κ1) is 13.2. The van der Waals surface area contributed by atoms with Crippen molar-refractivity contribution in [2.24, 2.45) is 0 Å². The van der Waals surface area contributed by atoms with Crippen LogP contribution < -0.4 is 5.73 Å².